The molecular weight excluding hydrogens is 416 g/mol. The highest BCUT2D eigenvalue weighted by atomic mass is 16.5. The molecule has 7 heteroatoms. The molecule has 5 rings (SSSR count). The molecule has 4 aromatic rings. The number of aryl methyl sites for hydroxylation is 1. The summed E-state index contributed by atoms with van der Waals surface area (Å²) in [5, 5.41) is 11.1. The second-order valence-electron chi connectivity index (χ2n) is 8.07. The number of carbonyl (C=O) groups is 1. The van der Waals surface area contributed by atoms with E-state index >= 15 is 0 Å². The summed E-state index contributed by atoms with van der Waals surface area (Å²) in [4.78, 5) is 28.2. The first kappa shape index (κ1) is 20.6. The lowest BCUT2D eigenvalue weighted by Gasteiger charge is -2.11. The number of rotatable bonds is 3. The van der Waals surface area contributed by atoms with Crippen molar-refractivity contribution in [2.45, 2.75) is 19.8 Å². The van der Waals surface area contributed by atoms with Crippen LogP contribution in [0.25, 0.3) is 21.9 Å². The Hall–Kier alpha value is -4.26. The van der Waals surface area contributed by atoms with Crippen LogP contribution in [0.1, 0.15) is 22.4 Å². The van der Waals surface area contributed by atoms with Crippen molar-refractivity contribution in [3.05, 3.63) is 93.4 Å². The lowest BCUT2D eigenvalue weighted by atomic mass is 9.94. The SMILES string of the molecule is COC(=O)NC1=Nc2cc(-c3cc(Cc4n[nH]c(=O)c5ccccc45)ccc3C)ccc2C1. The van der Waals surface area contributed by atoms with Gasteiger partial charge in [0.15, 0.2) is 0 Å². The van der Waals surface area contributed by atoms with E-state index in [4.69, 9.17) is 0 Å². The minimum Gasteiger partial charge on any atom is -0.453 e. The molecule has 1 aromatic heterocycles. The predicted molar refractivity (Wildman–Crippen MR) is 128 cm³/mol. The first-order valence-corrected chi connectivity index (χ1v) is 10.6. The zero-order valence-corrected chi connectivity index (χ0v) is 18.3. The van der Waals surface area contributed by atoms with Crippen molar-refractivity contribution in [2.24, 2.45) is 4.99 Å². The first-order chi connectivity index (χ1) is 16.0. The molecule has 0 spiro atoms. The maximum absolute atomic E-state index is 12.1. The Morgan fingerprint density at radius 2 is 1.91 bits per heavy atom. The Bertz CT molecular complexity index is 1490. The molecule has 0 unspecified atom stereocenters. The van der Waals surface area contributed by atoms with E-state index in [1.165, 1.54) is 7.11 Å². The van der Waals surface area contributed by atoms with E-state index in [0.29, 0.717) is 24.1 Å². The van der Waals surface area contributed by atoms with Crippen LogP contribution in [0.5, 0.6) is 0 Å². The quantitative estimate of drug-likeness (QED) is 0.495. The third-order valence-electron chi connectivity index (χ3n) is 5.89. The van der Waals surface area contributed by atoms with Crippen molar-refractivity contribution in [1.29, 1.82) is 0 Å². The summed E-state index contributed by atoms with van der Waals surface area (Å²) < 4.78 is 4.66. The van der Waals surface area contributed by atoms with E-state index in [-0.39, 0.29) is 5.56 Å². The maximum atomic E-state index is 12.1. The van der Waals surface area contributed by atoms with Gasteiger partial charge in [0, 0.05) is 18.2 Å². The van der Waals surface area contributed by atoms with Gasteiger partial charge in [-0.1, -0.05) is 48.5 Å². The van der Waals surface area contributed by atoms with Crippen LogP contribution in [0.4, 0.5) is 10.5 Å². The van der Waals surface area contributed by atoms with Gasteiger partial charge in [0.05, 0.1) is 23.9 Å². The van der Waals surface area contributed by atoms with Crippen LogP contribution in [0.2, 0.25) is 0 Å². The monoisotopic (exact) mass is 438 g/mol. The van der Waals surface area contributed by atoms with Gasteiger partial charge in [-0.15, -0.1) is 0 Å². The molecule has 0 atom stereocenters. The van der Waals surface area contributed by atoms with Crippen molar-refractivity contribution in [2.75, 3.05) is 7.11 Å². The van der Waals surface area contributed by atoms with Crippen LogP contribution in [-0.2, 0) is 17.6 Å². The molecule has 1 aliphatic rings. The Balaban J connectivity index is 1.48. The third-order valence-corrected chi connectivity index (χ3v) is 5.89. The number of methoxy groups -OCH3 is 1. The second kappa shape index (κ2) is 8.35. The average molecular weight is 438 g/mol. The van der Waals surface area contributed by atoms with Gasteiger partial charge in [0.2, 0.25) is 0 Å². The minimum atomic E-state index is -0.520. The van der Waals surface area contributed by atoms with Gasteiger partial charge in [-0.3, -0.25) is 10.1 Å². The lowest BCUT2D eigenvalue weighted by molar-refractivity contribution is 0.176. The van der Waals surface area contributed by atoms with Crippen molar-refractivity contribution < 1.29 is 9.53 Å². The molecule has 3 aromatic carbocycles. The summed E-state index contributed by atoms with van der Waals surface area (Å²) >= 11 is 0. The number of H-pyrrole nitrogens is 1. The Morgan fingerprint density at radius 3 is 2.73 bits per heavy atom. The lowest BCUT2D eigenvalue weighted by Crippen LogP contribution is -2.30. The molecule has 33 heavy (non-hydrogen) atoms. The van der Waals surface area contributed by atoms with Gasteiger partial charge in [0.1, 0.15) is 5.84 Å². The fourth-order valence-electron chi connectivity index (χ4n) is 4.18. The van der Waals surface area contributed by atoms with Crippen molar-refractivity contribution in [3.8, 4) is 11.1 Å². The highest BCUT2D eigenvalue weighted by molar-refractivity contribution is 6.01. The molecule has 7 nitrogen and oxygen atoms in total. The molecule has 0 radical (unpaired) electrons. The molecule has 0 bridgehead atoms. The number of hydrogen-bond donors (Lipinski definition) is 2. The second-order valence-corrected chi connectivity index (χ2v) is 8.07. The van der Waals surface area contributed by atoms with Gasteiger partial charge < -0.3 is 4.74 Å². The summed E-state index contributed by atoms with van der Waals surface area (Å²) in [5.74, 6) is 0.579. The minimum absolute atomic E-state index is 0.182. The highest BCUT2D eigenvalue weighted by Crippen LogP contribution is 2.33. The van der Waals surface area contributed by atoms with Crippen molar-refractivity contribution in [3.63, 3.8) is 0 Å². The number of hydrogen-bond acceptors (Lipinski definition) is 5. The first-order valence-electron chi connectivity index (χ1n) is 10.6. The zero-order chi connectivity index (χ0) is 22.9. The summed E-state index contributed by atoms with van der Waals surface area (Å²) in [6.45, 7) is 2.08. The van der Waals surface area contributed by atoms with E-state index in [1.807, 2.05) is 36.4 Å². The van der Waals surface area contributed by atoms with Crippen LogP contribution in [0.15, 0.2) is 70.5 Å². The summed E-state index contributed by atoms with van der Waals surface area (Å²) in [7, 11) is 1.33. The molecule has 0 saturated carbocycles. The standard InChI is InChI=1S/C26H22N4O3/c1-15-7-8-16(12-23-19-5-3-4-6-20(19)25(31)30-29-23)11-21(15)17-9-10-18-14-24(27-22(18)13-17)28-26(32)33-2/h3-11,13H,12,14H2,1-2H3,(H,30,31)(H,27,28,32). The van der Waals surface area contributed by atoms with E-state index in [9.17, 15) is 9.59 Å². The molecule has 1 amide bonds. The number of aromatic amines is 1. The van der Waals surface area contributed by atoms with Crippen LogP contribution in [-0.4, -0.2) is 29.2 Å². The molecule has 164 valence electrons. The van der Waals surface area contributed by atoms with Crippen LogP contribution >= 0.6 is 0 Å². The molecule has 0 saturated heterocycles. The fraction of sp³-hybridized carbons (Fsp3) is 0.154. The molecule has 2 heterocycles. The zero-order valence-electron chi connectivity index (χ0n) is 18.3. The number of amidine groups is 1. The molecule has 2 N–H and O–H groups in total. The van der Waals surface area contributed by atoms with E-state index in [1.54, 1.807) is 0 Å². The Morgan fingerprint density at radius 1 is 1.09 bits per heavy atom. The summed E-state index contributed by atoms with van der Waals surface area (Å²) in [6.07, 6.45) is 0.643. The van der Waals surface area contributed by atoms with Crippen LogP contribution in [0.3, 0.4) is 0 Å². The molecular formula is C26H22N4O3. The highest BCUT2D eigenvalue weighted by Gasteiger charge is 2.18. The number of aromatic nitrogens is 2. The van der Waals surface area contributed by atoms with Gasteiger partial charge >= 0.3 is 6.09 Å². The number of fused-ring (bicyclic) bond motifs is 2. The van der Waals surface area contributed by atoms with Crippen LogP contribution < -0.4 is 10.9 Å². The van der Waals surface area contributed by atoms with Gasteiger partial charge in [-0.25, -0.2) is 14.9 Å². The number of aliphatic imine (C=N–C) groups is 1. The van der Waals surface area contributed by atoms with Gasteiger partial charge in [0.25, 0.3) is 5.56 Å². The topological polar surface area (TPSA) is 96.4 Å². The van der Waals surface area contributed by atoms with E-state index < -0.39 is 6.09 Å². The molecule has 0 fully saturated rings. The van der Waals surface area contributed by atoms with Crippen LogP contribution in [0, 0.1) is 6.92 Å². The largest absolute Gasteiger partial charge is 0.453 e. The maximum Gasteiger partial charge on any atom is 0.412 e. The average Bonchev–Trinajstić information content (AvgIpc) is 3.23. The number of carbonyl (C=O) groups excluding carboxylic acids is 1. The predicted octanol–water partition coefficient (Wildman–Crippen LogP) is 4.43. The number of nitrogens with zero attached hydrogens (tertiary/aromatic N) is 2. The van der Waals surface area contributed by atoms with E-state index in [2.05, 4.69) is 56.4 Å². The summed E-state index contributed by atoms with van der Waals surface area (Å²) in [5.41, 5.74) is 6.95. The van der Waals surface area contributed by atoms with Gasteiger partial charge in [-0.05, 0) is 46.9 Å². The fourth-order valence-corrected chi connectivity index (χ4v) is 4.18. The Labute approximate surface area is 190 Å². The number of ether oxygens (including phenoxy) is 1. The van der Waals surface area contributed by atoms with Gasteiger partial charge in [-0.2, -0.15) is 5.10 Å². The number of benzene rings is 3. The number of alkyl carbamates (subject to hydrolysis) is 1. The Kier molecular flexibility index (Phi) is 5.22. The molecule has 1 aliphatic heterocycles. The molecule has 0 aliphatic carbocycles. The normalized spacial score (nSPS) is 12.4. The summed E-state index contributed by atoms with van der Waals surface area (Å²) in [6, 6.07) is 20.0. The van der Waals surface area contributed by atoms with Crippen molar-refractivity contribution >= 4 is 28.4 Å². The third kappa shape index (κ3) is 4.01. The van der Waals surface area contributed by atoms with Crippen molar-refractivity contribution in [1.82, 2.24) is 15.5 Å². The number of amides is 1. The van der Waals surface area contributed by atoms with E-state index in [0.717, 1.165) is 44.6 Å². The number of nitrogens with one attached hydrogen (secondary N) is 2. The smallest absolute Gasteiger partial charge is 0.412 e.